The van der Waals surface area contributed by atoms with Gasteiger partial charge in [0.2, 0.25) is 20.0 Å². The van der Waals surface area contributed by atoms with Gasteiger partial charge in [0.25, 0.3) is 0 Å². The van der Waals surface area contributed by atoms with E-state index in [0.29, 0.717) is 13.1 Å². The van der Waals surface area contributed by atoms with Gasteiger partial charge in [-0.3, -0.25) is 0 Å². The average Bonchev–Trinajstić information content (AvgIpc) is 2.52. The second-order valence-electron chi connectivity index (χ2n) is 3.29. The molecule has 1 heterocycles. The molecule has 0 amide bonds. The highest BCUT2D eigenvalue weighted by molar-refractivity contribution is 7.92. The minimum atomic E-state index is -3.69. The molecule has 0 radical (unpaired) electrons. The summed E-state index contributed by atoms with van der Waals surface area (Å²) < 4.78 is 45.5. The molecule has 0 aromatic heterocycles. The molecule has 1 saturated heterocycles. The summed E-state index contributed by atoms with van der Waals surface area (Å²) in [5.41, 5.74) is 0. The molecule has 0 aromatic carbocycles. The van der Waals surface area contributed by atoms with Crippen LogP contribution in [0.5, 0.6) is 0 Å². The lowest BCUT2D eigenvalue weighted by Crippen LogP contribution is -2.34. The lowest BCUT2D eigenvalue weighted by Gasteiger charge is -2.14. The molecule has 1 aliphatic rings. The summed E-state index contributed by atoms with van der Waals surface area (Å²) in [5.74, 6) is -0.919. The lowest BCUT2D eigenvalue weighted by atomic mass is 10.4. The molecule has 1 rings (SSSR count). The SMILES string of the molecule is NS(=O)(=O)CCS(=O)(=O)N1CCCC1. The third kappa shape index (κ3) is 3.52. The van der Waals surface area contributed by atoms with Crippen LogP contribution in [-0.4, -0.2) is 45.7 Å². The molecule has 0 aromatic rings. The largest absolute Gasteiger partial charge is 0.229 e. The summed E-state index contributed by atoms with van der Waals surface area (Å²) in [4.78, 5) is 0. The molecule has 1 aliphatic heterocycles. The number of primary sulfonamides is 1. The Hall–Kier alpha value is -0.180. The zero-order valence-electron chi connectivity index (χ0n) is 7.72. The average molecular weight is 242 g/mol. The van der Waals surface area contributed by atoms with Crippen molar-refractivity contribution in [2.24, 2.45) is 5.14 Å². The van der Waals surface area contributed by atoms with Gasteiger partial charge < -0.3 is 0 Å². The van der Waals surface area contributed by atoms with Gasteiger partial charge in [0.1, 0.15) is 0 Å². The molecule has 0 saturated carbocycles. The molecule has 1 fully saturated rings. The zero-order chi connectivity index (χ0) is 10.8. The maximum atomic E-state index is 11.5. The fourth-order valence-electron chi connectivity index (χ4n) is 1.32. The van der Waals surface area contributed by atoms with Crippen LogP contribution in [-0.2, 0) is 20.0 Å². The first kappa shape index (κ1) is 11.9. The van der Waals surface area contributed by atoms with Gasteiger partial charge in [-0.25, -0.2) is 26.3 Å². The highest BCUT2D eigenvalue weighted by Crippen LogP contribution is 2.12. The zero-order valence-corrected chi connectivity index (χ0v) is 9.35. The third-order valence-corrected chi connectivity index (χ3v) is 4.99. The van der Waals surface area contributed by atoms with Gasteiger partial charge in [-0.15, -0.1) is 0 Å². The number of nitrogens with two attached hydrogens (primary N) is 1. The van der Waals surface area contributed by atoms with Crippen molar-refractivity contribution in [2.45, 2.75) is 12.8 Å². The minimum Gasteiger partial charge on any atom is -0.229 e. The first-order valence-electron chi connectivity index (χ1n) is 4.29. The van der Waals surface area contributed by atoms with Crippen LogP contribution in [0.15, 0.2) is 0 Å². The number of hydrogen-bond acceptors (Lipinski definition) is 4. The van der Waals surface area contributed by atoms with Gasteiger partial charge in [-0.1, -0.05) is 0 Å². The molecule has 0 atom stereocenters. The maximum Gasteiger partial charge on any atom is 0.215 e. The van der Waals surface area contributed by atoms with Gasteiger partial charge in [0, 0.05) is 13.1 Å². The summed E-state index contributed by atoms with van der Waals surface area (Å²) in [7, 11) is -7.11. The molecule has 0 bridgehead atoms. The van der Waals surface area contributed by atoms with Crippen molar-refractivity contribution in [3.05, 3.63) is 0 Å². The molecule has 2 N–H and O–H groups in total. The predicted molar refractivity (Wildman–Crippen MR) is 52.6 cm³/mol. The lowest BCUT2D eigenvalue weighted by molar-refractivity contribution is 0.478. The monoisotopic (exact) mass is 242 g/mol. The Bertz CT molecular complexity index is 380. The molecular formula is C6H14N2O4S2. The van der Waals surface area contributed by atoms with Crippen molar-refractivity contribution in [1.29, 1.82) is 0 Å². The van der Waals surface area contributed by atoms with Crippen molar-refractivity contribution in [2.75, 3.05) is 24.6 Å². The highest BCUT2D eigenvalue weighted by Gasteiger charge is 2.26. The second kappa shape index (κ2) is 4.13. The van der Waals surface area contributed by atoms with Gasteiger partial charge in [-0.2, -0.15) is 0 Å². The first-order valence-corrected chi connectivity index (χ1v) is 7.62. The molecule has 6 nitrogen and oxygen atoms in total. The van der Waals surface area contributed by atoms with E-state index in [1.165, 1.54) is 4.31 Å². The molecule has 0 unspecified atom stereocenters. The standard InChI is InChI=1S/C6H14N2O4S2/c7-13(9,10)5-6-14(11,12)8-3-1-2-4-8/h1-6H2,(H2,7,9,10). The Morgan fingerprint density at radius 2 is 1.50 bits per heavy atom. The van der Waals surface area contributed by atoms with E-state index in [1.54, 1.807) is 0 Å². The molecular weight excluding hydrogens is 228 g/mol. The van der Waals surface area contributed by atoms with Gasteiger partial charge in [-0.05, 0) is 12.8 Å². The molecule has 84 valence electrons. The fraction of sp³-hybridized carbons (Fsp3) is 1.00. The van der Waals surface area contributed by atoms with E-state index in [2.05, 4.69) is 0 Å². The van der Waals surface area contributed by atoms with E-state index in [-0.39, 0.29) is 0 Å². The molecule has 14 heavy (non-hydrogen) atoms. The van der Waals surface area contributed by atoms with E-state index in [9.17, 15) is 16.8 Å². The fourth-order valence-corrected chi connectivity index (χ4v) is 4.16. The molecule has 8 heteroatoms. The quantitative estimate of drug-likeness (QED) is 0.662. The summed E-state index contributed by atoms with van der Waals surface area (Å²) in [6.45, 7) is 0.986. The van der Waals surface area contributed by atoms with Crippen molar-refractivity contribution in [1.82, 2.24) is 4.31 Å². The number of nitrogens with zero attached hydrogens (tertiary/aromatic N) is 1. The van der Waals surface area contributed by atoms with Crippen LogP contribution in [0, 0.1) is 0 Å². The van der Waals surface area contributed by atoms with Gasteiger partial charge in [0.05, 0.1) is 11.5 Å². The van der Waals surface area contributed by atoms with E-state index in [4.69, 9.17) is 5.14 Å². The van der Waals surface area contributed by atoms with E-state index >= 15 is 0 Å². The summed E-state index contributed by atoms with van der Waals surface area (Å²) in [6.07, 6.45) is 1.68. The van der Waals surface area contributed by atoms with Crippen LogP contribution in [0.4, 0.5) is 0 Å². The van der Waals surface area contributed by atoms with Crippen LogP contribution >= 0.6 is 0 Å². The Morgan fingerprint density at radius 3 is 1.93 bits per heavy atom. The normalized spacial score (nSPS) is 20.1. The Balaban J connectivity index is 2.58. The van der Waals surface area contributed by atoms with Crippen molar-refractivity contribution >= 4 is 20.0 Å². The highest BCUT2D eigenvalue weighted by atomic mass is 32.2. The Kier molecular flexibility index (Phi) is 3.51. The van der Waals surface area contributed by atoms with Crippen LogP contribution < -0.4 is 5.14 Å². The minimum absolute atomic E-state index is 0.411. The smallest absolute Gasteiger partial charge is 0.215 e. The first-order chi connectivity index (χ1) is 6.31. The van der Waals surface area contributed by atoms with Crippen LogP contribution in [0.2, 0.25) is 0 Å². The van der Waals surface area contributed by atoms with Gasteiger partial charge >= 0.3 is 0 Å². The third-order valence-electron chi connectivity index (χ3n) is 2.08. The van der Waals surface area contributed by atoms with Crippen molar-refractivity contribution in [3.63, 3.8) is 0 Å². The van der Waals surface area contributed by atoms with Crippen molar-refractivity contribution < 1.29 is 16.8 Å². The number of hydrogen-bond donors (Lipinski definition) is 1. The maximum absolute atomic E-state index is 11.5. The van der Waals surface area contributed by atoms with Crippen LogP contribution in [0.3, 0.4) is 0 Å². The second-order valence-corrected chi connectivity index (χ2v) is 7.11. The predicted octanol–water partition coefficient (Wildman–Crippen LogP) is -1.30. The Labute approximate surface area is 84.2 Å². The summed E-state index contributed by atoms with van der Waals surface area (Å²) >= 11 is 0. The van der Waals surface area contributed by atoms with E-state index in [1.807, 2.05) is 0 Å². The van der Waals surface area contributed by atoms with Crippen LogP contribution in [0.1, 0.15) is 12.8 Å². The van der Waals surface area contributed by atoms with Crippen molar-refractivity contribution in [3.8, 4) is 0 Å². The number of rotatable bonds is 4. The van der Waals surface area contributed by atoms with E-state index < -0.39 is 31.6 Å². The van der Waals surface area contributed by atoms with Gasteiger partial charge in [0.15, 0.2) is 0 Å². The Morgan fingerprint density at radius 1 is 1.00 bits per heavy atom. The topological polar surface area (TPSA) is 97.5 Å². The summed E-state index contributed by atoms with van der Waals surface area (Å²) in [6, 6.07) is 0. The molecule has 0 aliphatic carbocycles. The van der Waals surface area contributed by atoms with E-state index in [0.717, 1.165) is 12.8 Å². The van der Waals surface area contributed by atoms with Crippen LogP contribution in [0.25, 0.3) is 0 Å². The molecule has 0 spiro atoms. The summed E-state index contributed by atoms with van der Waals surface area (Å²) in [5, 5.41) is 4.73. The number of sulfonamides is 2.